The molecule has 0 unspecified atom stereocenters. The van der Waals surface area contributed by atoms with Gasteiger partial charge in [-0.15, -0.1) is 0 Å². The number of ether oxygens (including phenoxy) is 1. The minimum absolute atomic E-state index is 0.0390. The van der Waals surface area contributed by atoms with E-state index in [0.717, 1.165) is 46.8 Å². The predicted octanol–water partition coefficient (Wildman–Crippen LogP) is 3.80. The van der Waals surface area contributed by atoms with Gasteiger partial charge in [-0.3, -0.25) is 9.59 Å². The Hall–Kier alpha value is -2.18. The molecule has 1 spiro atoms. The molecule has 5 nitrogen and oxygen atoms in total. The molecule has 2 amide bonds. The van der Waals surface area contributed by atoms with Crippen molar-refractivity contribution in [1.82, 2.24) is 10.2 Å². The fraction of sp³-hybridized carbons (Fsp3) is 0.417. The quantitative estimate of drug-likeness (QED) is 0.701. The summed E-state index contributed by atoms with van der Waals surface area (Å²) in [6.07, 6.45) is 3.99. The fourth-order valence-electron chi connectivity index (χ4n) is 4.59. The molecule has 6 heteroatoms. The molecule has 1 heterocycles. The summed E-state index contributed by atoms with van der Waals surface area (Å²) >= 11 is 3.52. The summed E-state index contributed by atoms with van der Waals surface area (Å²) in [6, 6.07) is 16.1. The Bertz CT molecular complexity index is 968. The van der Waals surface area contributed by atoms with Crippen molar-refractivity contribution in [2.24, 2.45) is 0 Å². The number of halogens is 1. The summed E-state index contributed by atoms with van der Waals surface area (Å²) in [7, 11) is 0. The number of carbonyl (C=O) groups excluding carboxylic acids is 2. The largest absolute Gasteiger partial charge is 0.373 e. The van der Waals surface area contributed by atoms with Crippen LogP contribution in [0.4, 0.5) is 0 Å². The fourth-order valence-corrected chi connectivity index (χ4v) is 4.96. The molecular weight excluding hydrogens is 444 g/mol. The maximum atomic E-state index is 12.9. The first-order chi connectivity index (χ1) is 14.5. The summed E-state index contributed by atoms with van der Waals surface area (Å²) in [5, 5.41) is 3.07. The second-order valence-electron chi connectivity index (χ2n) is 8.79. The highest BCUT2D eigenvalue weighted by Gasteiger charge is 2.51. The molecule has 5 rings (SSSR count). The van der Waals surface area contributed by atoms with E-state index >= 15 is 0 Å². The first-order valence-electron chi connectivity index (χ1n) is 10.6. The van der Waals surface area contributed by atoms with E-state index in [9.17, 15) is 9.59 Å². The van der Waals surface area contributed by atoms with Crippen LogP contribution in [-0.4, -0.2) is 41.9 Å². The standard InChI is InChI=1S/C24H25BrN2O3/c25-17-6-7-20-21(10-17)24(8-9-24)15-27(23(20)29)13-22(28)26-18-11-19(12-18)30-14-16-4-2-1-3-5-16/h1-7,10,18-19H,8-9,11-15H2,(H,26,28)/t18-,19+. The lowest BCUT2D eigenvalue weighted by Crippen LogP contribution is -2.53. The number of benzene rings is 2. The molecule has 2 fully saturated rings. The maximum Gasteiger partial charge on any atom is 0.254 e. The minimum atomic E-state index is -0.0776. The van der Waals surface area contributed by atoms with Crippen molar-refractivity contribution in [3.05, 3.63) is 69.7 Å². The van der Waals surface area contributed by atoms with Crippen LogP contribution in [0.1, 0.15) is 47.2 Å². The number of nitrogens with one attached hydrogen (secondary N) is 1. The third-order valence-electron chi connectivity index (χ3n) is 6.54. The van der Waals surface area contributed by atoms with Crippen LogP contribution >= 0.6 is 15.9 Å². The first-order valence-corrected chi connectivity index (χ1v) is 11.4. The second-order valence-corrected chi connectivity index (χ2v) is 9.70. The van der Waals surface area contributed by atoms with Crippen molar-refractivity contribution in [3.8, 4) is 0 Å². The number of hydrogen-bond donors (Lipinski definition) is 1. The van der Waals surface area contributed by atoms with Crippen molar-refractivity contribution < 1.29 is 14.3 Å². The van der Waals surface area contributed by atoms with Gasteiger partial charge >= 0.3 is 0 Å². The van der Waals surface area contributed by atoms with Gasteiger partial charge in [-0.05, 0) is 55.0 Å². The van der Waals surface area contributed by atoms with Gasteiger partial charge in [0.25, 0.3) is 5.91 Å². The molecule has 2 aromatic rings. The molecule has 2 aromatic carbocycles. The molecule has 0 radical (unpaired) electrons. The van der Waals surface area contributed by atoms with E-state index in [0.29, 0.717) is 13.2 Å². The Morgan fingerprint density at radius 1 is 1.17 bits per heavy atom. The van der Waals surface area contributed by atoms with Crippen LogP contribution in [0.2, 0.25) is 0 Å². The topological polar surface area (TPSA) is 58.6 Å². The molecular formula is C24H25BrN2O3. The molecule has 3 aliphatic rings. The van der Waals surface area contributed by atoms with Crippen LogP contribution in [-0.2, 0) is 21.6 Å². The van der Waals surface area contributed by atoms with Gasteiger partial charge in [-0.2, -0.15) is 0 Å². The van der Waals surface area contributed by atoms with Crippen LogP contribution in [0.3, 0.4) is 0 Å². The molecule has 30 heavy (non-hydrogen) atoms. The smallest absolute Gasteiger partial charge is 0.254 e. The van der Waals surface area contributed by atoms with Crippen molar-refractivity contribution in [3.63, 3.8) is 0 Å². The van der Waals surface area contributed by atoms with Gasteiger partial charge in [0.2, 0.25) is 5.91 Å². The van der Waals surface area contributed by atoms with E-state index in [4.69, 9.17) is 4.74 Å². The summed E-state index contributed by atoms with van der Waals surface area (Å²) in [5.74, 6) is -0.117. The molecule has 2 aliphatic carbocycles. The van der Waals surface area contributed by atoms with E-state index in [1.165, 1.54) is 0 Å². The lowest BCUT2D eigenvalue weighted by molar-refractivity contribution is -0.124. The summed E-state index contributed by atoms with van der Waals surface area (Å²) in [4.78, 5) is 27.2. The van der Waals surface area contributed by atoms with Gasteiger partial charge in [0.05, 0.1) is 19.3 Å². The monoisotopic (exact) mass is 468 g/mol. The Morgan fingerprint density at radius 3 is 2.67 bits per heavy atom. The molecule has 2 saturated carbocycles. The van der Waals surface area contributed by atoms with Crippen molar-refractivity contribution >= 4 is 27.7 Å². The van der Waals surface area contributed by atoms with E-state index in [1.807, 2.05) is 30.3 Å². The van der Waals surface area contributed by atoms with Crippen molar-refractivity contribution in [2.75, 3.05) is 13.1 Å². The van der Waals surface area contributed by atoms with Crippen molar-refractivity contribution in [2.45, 2.75) is 49.9 Å². The Labute approximate surface area is 184 Å². The third kappa shape index (κ3) is 3.91. The molecule has 1 N–H and O–H groups in total. The molecule has 0 aromatic heterocycles. The van der Waals surface area contributed by atoms with Crippen molar-refractivity contribution in [1.29, 1.82) is 0 Å². The first kappa shape index (κ1) is 19.8. The number of carbonyl (C=O) groups is 2. The molecule has 0 saturated heterocycles. The average molecular weight is 469 g/mol. The highest BCUT2D eigenvalue weighted by molar-refractivity contribution is 9.10. The van der Waals surface area contributed by atoms with Gasteiger partial charge in [0.1, 0.15) is 0 Å². The van der Waals surface area contributed by atoms with Crippen LogP contribution < -0.4 is 5.32 Å². The second kappa shape index (κ2) is 7.82. The Balaban J connectivity index is 1.12. The normalized spacial score (nSPS) is 23.6. The van der Waals surface area contributed by atoms with E-state index in [-0.39, 0.29) is 35.9 Å². The van der Waals surface area contributed by atoms with Crippen LogP contribution in [0.25, 0.3) is 0 Å². The zero-order chi connectivity index (χ0) is 20.7. The third-order valence-corrected chi connectivity index (χ3v) is 7.03. The predicted molar refractivity (Wildman–Crippen MR) is 117 cm³/mol. The van der Waals surface area contributed by atoms with Crippen LogP contribution in [0.5, 0.6) is 0 Å². The zero-order valence-corrected chi connectivity index (χ0v) is 18.4. The highest BCUT2D eigenvalue weighted by atomic mass is 79.9. The summed E-state index contributed by atoms with van der Waals surface area (Å²) in [5.41, 5.74) is 3.08. The van der Waals surface area contributed by atoms with E-state index < -0.39 is 0 Å². The van der Waals surface area contributed by atoms with Gasteiger partial charge in [0, 0.05) is 28.0 Å². The minimum Gasteiger partial charge on any atom is -0.373 e. The zero-order valence-electron chi connectivity index (χ0n) is 16.8. The number of fused-ring (bicyclic) bond motifs is 2. The molecule has 0 bridgehead atoms. The highest BCUT2D eigenvalue weighted by Crippen LogP contribution is 2.52. The SMILES string of the molecule is O=C(CN1CC2(CC2)c2cc(Br)ccc2C1=O)N[C@H]1C[C@@H](OCc2ccccc2)C1. The Kier molecular flexibility index (Phi) is 5.15. The van der Waals surface area contributed by atoms with Gasteiger partial charge < -0.3 is 15.0 Å². The number of rotatable bonds is 6. The van der Waals surface area contributed by atoms with E-state index in [2.05, 4.69) is 39.4 Å². The van der Waals surface area contributed by atoms with Gasteiger partial charge in [-0.25, -0.2) is 0 Å². The van der Waals surface area contributed by atoms with Gasteiger partial charge in [-0.1, -0.05) is 46.3 Å². The summed E-state index contributed by atoms with van der Waals surface area (Å²) < 4.78 is 6.91. The lowest BCUT2D eigenvalue weighted by atomic mass is 9.86. The van der Waals surface area contributed by atoms with E-state index in [1.54, 1.807) is 4.90 Å². The van der Waals surface area contributed by atoms with Gasteiger partial charge in [0.15, 0.2) is 0 Å². The molecule has 1 aliphatic heterocycles. The maximum absolute atomic E-state index is 12.9. The Morgan fingerprint density at radius 2 is 1.93 bits per heavy atom. The number of nitrogens with zero attached hydrogens (tertiary/aromatic N) is 1. The summed E-state index contributed by atoms with van der Waals surface area (Å²) in [6.45, 7) is 1.37. The van der Waals surface area contributed by atoms with Crippen LogP contribution in [0.15, 0.2) is 53.0 Å². The average Bonchev–Trinajstić information content (AvgIpc) is 3.48. The lowest BCUT2D eigenvalue weighted by Gasteiger charge is -2.37. The van der Waals surface area contributed by atoms with Crippen LogP contribution in [0, 0.1) is 0 Å². The number of hydrogen-bond acceptors (Lipinski definition) is 3. The molecule has 156 valence electrons. The number of amides is 2. The molecule has 0 atom stereocenters.